The zero-order chi connectivity index (χ0) is 14.8. The van der Waals surface area contributed by atoms with E-state index in [2.05, 4.69) is 0 Å². The van der Waals surface area contributed by atoms with Crippen LogP contribution in [-0.4, -0.2) is 15.0 Å². The quantitative estimate of drug-likeness (QED) is 0.942. The van der Waals surface area contributed by atoms with Gasteiger partial charge in [-0.15, -0.1) is 0 Å². The van der Waals surface area contributed by atoms with E-state index in [0.717, 1.165) is 0 Å². The van der Waals surface area contributed by atoms with Crippen molar-refractivity contribution < 1.29 is 17.5 Å². The number of rotatable bonds is 4. The third-order valence-electron chi connectivity index (χ3n) is 2.74. The molecule has 4 nitrogen and oxygen atoms in total. The van der Waals surface area contributed by atoms with Crippen molar-refractivity contribution in [2.24, 2.45) is 5.14 Å². The van der Waals surface area contributed by atoms with Gasteiger partial charge in [0.25, 0.3) is 0 Å². The molecule has 0 saturated heterocycles. The maximum absolute atomic E-state index is 14.5. The number of hydrogen-bond acceptors (Lipinski definition) is 3. The molecule has 0 aliphatic rings. The highest BCUT2D eigenvalue weighted by Crippen LogP contribution is 2.34. The lowest BCUT2D eigenvalue weighted by Gasteiger charge is -2.13. The fourth-order valence-electron chi connectivity index (χ4n) is 1.92. The number of hydrogen-bond donors (Lipinski definition) is 1. The highest BCUT2D eigenvalue weighted by molar-refractivity contribution is 7.89. The summed E-state index contributed by atoms with van der Waals surface area (Å²) in [5, 5.41) is 5.15. The lowest BCUT2D eigenvalue weighted by molar-refractivity contribution is 0.321. The van der Waals surface area contributed by atoms with Crippen LogP contribution in [-0.2, 0) is 10.0 Å². The predicted molar refractivity (Wildman–Crippen MR) is 74.4 cm³/mol. The monoisotopic (exact) mass is 295 g/mol. The number of halogens is 1. The maximum atomic E-state index is 14.5. The second-order valence-electron chi connectivity index (χ2n) is 4.09. The summed E-state index contributed by atoms with van der Waals surface area (Å²) >= 11 is 0. The maximum Gasteiger partial charge on any atom is 0.238 e. The number of primary sulfonamides is 1. The molecule has 2 aromatic rings. The molecular formula is C14H14FNO3S. The number of ether oxygens (including phenoxy) is 1. The Morgan fingerprint density at radius 1 is 1.15 bits per heavy atom. The smallest absolute Gasteiger partial charge is 0.238 e. The van der Waals surface area contributed by atoms with Gasteiger partial charge in [0, 0.05) is 5.56 Å². The van der Waals surface area contributed by atoms with Crippen molar-refractivity contribution in [2.75, 3.05) is 6.61 Å². The average molecular weight is 295 g/mol. The minimum absolute atomic E-state index is 0.00115. The van der Waals surface area contributed by atoms with Crippen LogP contribution in [0.3, 0.4) is 0 Å². The van der Waals surface area contributed by atoms with Gasteiger partial charge in [-0.2, -0.15) is 0 Å². The Hall–Kier alpha value is -1.92. The minimum atomic E-state index is -4.03. The molecule has 0 saturated carbocycles. The Labute approximate surface area is 117 Å². The summed E-state index contributed by atoms with van der Waals surface area (Å²) in [6.45, 7) is 2.00. The molecule has 0 spiro atoms. The third-order valence-corrected chi connectivity index (χ3v) is 3.69. The van der Waals surface area contributed by atoms with Crippen molar-refractivity contribution in [1.82, 2.24) is 0 Å². The summed E-state index contributed by atoms with van der Waals surface area (Å²) in [6.07, 6.45) is 0. The SMILES string of the molecule is CCOc1ccc(S(N)(=O)=O)c(-c2ccccc2)c1F. The van der Waals surface area contributed by atoms with Gasteiger partial charge in [0.15, 0.2) is 11.6 Å². The topological polar surface area (TPSA) is 69.4 Å². The molecule has 0 fully saturated rings. The molecule has 2 rings (SSSR count). The van der Waals surface area contributed by atoms with Crippen molar-refractivity contribution in [3.63, 3.8) is 0 Å². The van der Waals surface area contributed by atoms with E-state index >= 15 is 0 Å². The van der Waals surface area contributed by atoms with Crippen LogP contribution >= 0.6 is 0 Å². The largest absolute Gasteiger partial charge is 0.491 e. The molecule has 0 radical (unpaired) electrons. The first-order valence-electron chi connectivity index (χ1n) is 5.98. The molecule has 0 heterocycles. The van der Waals surface area contributed by atoms with E-state index in [-0.39, 0.29) is 22.8 Å². The summed E-state index contributed by atoms with van der Waals surface area (Å²) in [6, 6.07) is 10.9. The van der Waals surface area contributed by atoms with Crippen LogP contribution in [0.5, 0.6) is 5.75 Å². The fraction of sp³-hybridized carbons (Fsp3) is 0.143. The van der Waals surface area contributed by atoms with Crippen molar-refractivity contribution >= 4 is 10.0 Å². The van der Waals surface area contributed by atoms with E-state index < -0.39 is 15.8 Å². The molecule has 0 atom stereocenters. The summed E-state index contributed by atoms with van der Waals surface area (Å²) < 4.78 is 42.9. The van der Waals surface area contributed by atoms with Gasteiger partial charge >= 0.3 is 0 Å². The molecule has 2 N–H and O–H groups in total. The van der Waals surface area contributed by atoms with E-state index in [4.69, 9.17) is 9.88 Å². The number of sulfonamides is 1. The van der Waals surface area contributed by atoms with Gasteiger partial charge in [-0.25, -0.2) is 17.9 Å². The Morgan fingerprint density at radius 3 is 2.35 bits per heavy atom. The molecule has 0 unspecified atom stereocenters. The van der Waals surface area contributed by atoms with Gasteiger partial charge in [0.1, 0.15) is 0 Å². The summed E-state index contributed by atoms with van der Waals surface area (Å²) in [7, 11) is -4.03. The molecule has 20 heavy (non-hydrogen) atoms. The van der Waals surface area contributed by atoms with Crippen molar-refractivity contribution in [3.05, 3.63) is 48.3 Å². The second-order valence-corrected chi connectivity index (χ2v) is 5.62. The Morgan fingerprint density at radius 2 is 1.80 bits per heavy atom. The summed E-state index contributed by atoms with van der Waals surface area (Å²) in [5.41, 5.74) is 0.356. The van der Waals surface area contributed by atoms with Crippen LogP contribution in [0, 0.1) is 5.82 Å². The Balaban J connectivity index is 2.76. The lowest BCUT2D eigenvalue weighted by Crippen LogP contribution is -2.14. The molecular weight excluding hydrogens is 281 g/mol. The summed E-state index contributed by atoms with van der Waals surface area (Å²) in [5.74, 6) is -0.733. The zero-order valence-corrected chi connectivity index (χ0v) is 11.7. The zero-order valence-electron chi connectivity index (χ0n) is 10.8. The highest BCUT2D eigenvalue weighted by atomic mass is 32.2. The van der Waals surface area contributed by atoms with Gasteiger partial charge in [-0.1, -0.05) is 30.3 Å². The lowest BCUT2D eigenvalue weighted by atomic mass is 10.0. The van der Waals surface area contributed by atoms with Crippen LogP contribution in [0.15, 0.2) is 47.4 Å². The first-order valence-corrected chi connectivity index (χ1v) is 7.53. The van der Waals surface area contributed by atoms with Crippen LogP contribution in [0.2, 0.25) is 0 Å². The Kier molecular flexibility index (Phi) is 4.06. The molecule has 0 bridgehead atoms. The molecule has 0 amide bonds. The van der Waals surface area contributed by atoms with Gasteiger partial charge in [-0.3, -0.25) is 0 Å². The van der Waals surface area contributed by atoms with Crippen LogP contribution < -0.4 is 9.88 Å². The molecule has 6 heteroatoms. The average Bonchev–Trinajstić information content (AvgIpc) is 2.41. The van der Waals surface area contributed by atoms with Crippen molar-refractivity contribution in [1.29, 1.82) is 0 Å². The fourth-order valence-corrected chi connectivity index (χ4v) is 2.67. The van der Waals surface area contributed by atoms with Gasteiger partial charge in [-0.05, 0) is 24.6 Å². The van der Waals surface area contributed by atoms with Gasteiger partial charge in [0.05, 0.1) is 11.5 Å². The Bertz CT molecular complexity index is 715. The second kappa shape index (κ2) is 5.60. The van der Waals surface area contributed by atoms with Gasteiger partial charge < -0.3 is 4.74 Å². The first-order chi connectivity index (χ1) is 9.45. The molecule has 106 valence electrons. The van der Waals surface area contributed by atoms with Crippen molar-refractivity contribution in [3.8, 4) is 16.9 Å². The molecule has 0 aliphatic heterocycles. The number of nitrogens with two attached hydrogens (primary N) is 1. The van der Waals surface area contributed by atoms with Gasteiger partial charge in [0.2, 0.25) is 10.0 Å². The third kappa shape index (κ3) is 2.81. The summed E-state index contributed by atoms with van der Waals surface area (Å²) in [4.78, 5) is -0.260. The van der Waals surface area contributed by atoms with E-state index in [1.54, 1.807) is 37.3 Å². The van der Waals surface area contributed by atoms with E-state index in [1.165, 1.54) is 12.1 Å². The minimum Gasteiger partial charge on any atom is -0.491 e. The number of benzene rings is 2. The standard InChI is InChI=1S/C14H14FNO3S/c1-2-19-11-8-9-12(20(16,17)18)13(14(11)15)10-6-4-3-5-7-10/h3-9H,2H2,1H3,(H2,16,17,18). The predicted octanol–water partition coefficient (Wildman–Crippen LogP) is 2.54. The molecule has 0 aliphatic carbocycles. The van der Waals surface area contributed by atoms with Crippen LogP contribution in [0.1, 0.15) is 6.92 Å². The van der Waals surface area contributed by atoms with E-state index in [1.807, 2.05) is 0 Å². The highest BCUT2D eigenvalue weighted by Gasteiger charge is 2.22. The van der Waals surface area contributed by atoms with E-state index in [9.17, 15) is 12.8 Å². The van der Waals surface area contributed by atoms with Crippen LogP contribution in [0.4, 0.5) is 4.39 Å². The van der Waals surface area contributed by atoms with Crippen molar-refractivity contribution in [2.45, 2.75) is 11.8 Å². The van der Waals surface area contributed by atoms with Crippen LogP contribution in [0.25, 0.3) is 11.1 Å². The van der Waals surface area contributed by atoms with E-state index in [0.29, 0.717) is 5.56 Å². The first kappa shape index (κ1) is 14.5. The normalized spacial score (nSPS) is 11.3. The molecule has 0 aromatic heterocycles. The molecule has 2 aromatic carbocycles.